The van der Waals surface area contributed by atoms with E-state index in [2.05, 4.69) is 43.6 Å². The quantitative estimate of drug-likeness (QED) is 0.385. The summed E-state index contributed by atoms with van der Waals surface area (Å²) >= 11 is 4.77. The predicted octanol–water partition coefficient (Wildman–Crippen LogP) is 1.01. The van der Waals surface area contributed by atoms with Crippen molar-refractivity contribution >= 4 is 56.7 Å². The highest BCUT2D eigenvalue weighted by atomic mass is 127. The molecule has 0 N–H and O–H groups in total. The van der Waals surface area contributed by atoms with Crippen molar-refractivity contribution in [2.24, 2.45) is 0 Å². The van der Waals surface area contributed by atoms with Gasteiger partial charge < -0.3 is 0 Å². The molecule has 0 aromatic heterocycles. The maximum atomic E-state index is 2.38. The van der Waals surface area contributed by atoms with Crippen LogP contribution >= 0.6 is 43.6 Å². The lowest BCUT2D eigenvalue weighted by Crippen LogP contribution is -1.76. The van der Waals surface area contributed by atoms with Crippen molar-refractivity contribution < 1.29 is 0 Å². The fourth-order valence-electron chi connectivity index (χ4n) is 0. The Labute approximate surface area is 56.0 Å². The average Bonchev–Trinajstić information content (AvgIpc) is 1.37. The third-order valence-electron chi connectivity index (χ3n) is 0.0357. The van der Waals surface area contributed by atoms with E-state index >= 15 is 0 Å². The highest BCUT2D eigenvalue weighted by Crippen LogP contribution is 1.76. The molecule has 4 heteroatoms. The maximum Gasteiger partial charge on any atom is 0.127 e. The van der Waals surface area contributed by atoms with Gasteiger partial charge in [0, 0.05) is 0 Å². The molecule has 0 fully saturated rings. The van der Waals surface area contributed by atoms with E-state index in [1.54, 1.807) is 0 Å². The monoisotopic (exact) mass is 310 g/mol. The minimum absolute atomic E-state index is 1.12. The van der Waals surface area contributed by atoms with Crippen LogP contribution in [0.1, 0.15) is 0 Å². The summed E-state index contributed by atoms with van der Waals surface area (Å²) in [4.78, 5) is 0. The van der Waals surface area contributed by atoms with Crippen molar-refractivity contribution in [3.8, 4) is 0 Å². The molecule has 0 amide bonds. The molecule has 0 aliphatic heterocycles. The fraction of sp³-hybridized carbons (Fsp3) is 0. The lowest BCUT2D eigenvalue weighted by atomic mass is 27.1. The zero-order chi connectivity index (χ0) is 3.41. The molecular formula is I2Si2. The first kappa shape index (κ1) is 5.89. The van der Waals surface area contributed by atoms with Crippen LogP contribution in [0.25, 0.3) is 0 Å². The van der Waals surface area contributed by atoms with E-state index in [-0.39, 0.29) is 0 Å². The van der Waals surface area contributed by atoms with E-state index < -0.39 is 0 Å². The molecule has 0 unspecified atom stereocenters. The summed E-state index contributed by atoms with van der Waals surface area (Å²) in [5.41, 5.74) is 0. The van der Waals surface area contributed by atoms with Gasteiger partial charge in [0.1, 0.15) is 13.1 Å². The molecule has 0 heterocycles. The van der Waals surface area contributed by atoms with Crippen LogP contribution in [-0.4, -0.2) is 13.1 Å². The Bertz CT molecular complexity index is 6.00. The molecule has 4 heavy (non-hydrogen) atoms. The Morgan fingerprint density at radius 1 is 1.00 bits per heavy atom. The summed E-state index contributed by atoms with van der Waals surface area (Å²) in [6.45, 7) is 2.25. The molecule has 0 aliphatic rings. The summed E-state index contributed by atoms with van der Waals surface area (Å²) < 4.78 is 0. The Balaban J connectivity index is 1.97. The minimum Gasteiger partial charge on any atom is -0.127 e. The van der Waals surface area contributed by atoms with Gasteiger partial charge in [-0.15, -0.1) is 43.6 Å². The molecular weight excluding hydrogens is 310 g/mol. The van der Waals surface area contributed by atoms with Crippen molar-refractivity contribution in [1.82, 2.24) is 0 Å². The second-order valence-electron chi connectivity index (χ2n) is 0.189. The first-order valence-corrected chi connectivity index (χ1v) is 9.86. The Morgan fingerprint density at radius 2 is 1.25 bits per heavy atom. The molecule has 0 atom stereocenters. The van der Waals surface area contributed by atoms with Crippen molar-refractivity contribution in [3.63, 3.8) is 0 Å². The first-order valence-electron chi connectivity index (χ1n) is 0.628. The van der Waals surface area contributed by atoms with E-state index in [4.69, 9.17) is 0 Å². The molecule has 0 aromatic rings. The number of halogens is 2. The minimum atomic E-state index is 1.12. The van der Waals surface area contributed by atoms with Gasteiger partial charge in [0.2, 0.25) is 0 Å². The van der Waals surface area contributed by atoms with Crippen LogP contribution in [-0.2, 0) is 0 Å². The van der Waals surface area contributed by atoms with Crippen molar-refractivity contribution in [2.45, 2.75) is 0 Å². The second-order valence-corrected chi connectivity index (χ2v) is 11.4. The molecule has 22 valence electrons. The molecule has 4 radical (unpaired) electrons. The van der Waals surface area contributed by atoms with Gasteiger partial charge in [-0.3, -0.25) is 0 Å². The Hall–Kier alpha value is 1.89. The molecule has 0 saturated carbocycles. The van der Waals surface area contributed by atoms with E-state index in [0.717, 1.165) is 13.1 Å². The van der Waals surface area contributed by atoms with Crippen LogP contribution in [0.2, 0.25) is 0 Å². The number of rotatable bonds is 1. The van der Waals surface area contributed by atoms with Crippen molar-refractivity contribution in [2.75, 3.05) is 0 Å². The second kappa shape index (κ2) is 4.89. The van der Waals surface area contributed by atoms with Crippen LogP contribution in [0.3, 0.4) is 0 Å². The Morgan fingerprint density at radius 3 is 1.25 bits per heavy atom. The molecule has 0 nitrogen and oxygen atoms in total. The standard InChI is InChI=1S/I2Si2/c1-3-4-2. The summed E-state index contributed by atoms with van der Waals surface area (Å²) in [7, 11) is 0. The average molecular weight is 310 g/mol. The topological polar surface area (TPSA) is 0 Å². The number of hydrogen-bond donors (Lipinski definition) is 0. The van der Waals surface area contributed by atoms with Crippen LogP contribution in [0.15, 0.2) is 0 Å². The van der Waals surface area contributed by atoms with E-state index in [0.29, 0.717) is 0 Å². The van der Waals surface area contributed by atoms with Gasteiger partial charge in [0.25, 0.3) is 0 Å². The maximum absolute atomic E-state index is 2.38. The van der Waals surface area contributed by atoms with Crippen molar-refractivity contribution in [3.05, 3.63) is 0 Å². The smallest absolute Gasteiger partial charge is 0.127 e. The zero-order valence-electron chi connectivity index (χ0n) is 1.76. The van der Waals surface area contributed by atoms with Gasteiger partial charge in [0.05, 0.1) is 0 Å². The zero-order valence-corrected chi connectivity index (χ0v) is 8.07. The van der Waals surface area contributed by atoms with Gasteiger partial charge >= 0.3 is 0 Å². The third kappa shape index (κ3) is 3.89. The summed E-state index contributed by atoms with van der Waals surface area (Å²) in [6, 6.07) is 0. The van der Waals surface area contributed by atoms with Crippen LogP contribution in [0.4, 0.5) is 0 Å². The normalized spacial score (nSPS) is 7.50. The lowest BCUT2D eigenvalue weighted by molar-refractivity contribution is 4.65. The first-order chi connectivity index (χ1) is 1.91. The summed E-state index contributed by atoms with van der Waals surface area (Å²) in [5.74, 6) is 0. The van der Waals surface area contributed by atoms with E-state index in [1.807, 2.05) is 0 Å². The lowest BCUT2D eigenvalue weighted by Gasteiger charge is -1.57. The fourth-order valence-corrected chi connectivity index (χ4v) is 0. The molecule has 0 bridgehead atoms. The third-order valence-corrected chi connectivity index (χ3v) is 14.5. The molecule has 0 aromatic carbocycles. The van der Waals surface area contributed by atoms with Crippen LogP contribution in [0, 0.1) is 0 Å². The summed E-state index contributed by atoms with van der Waals surface area (Å²) in [5, 5.41) is 0. The summed E-state index contributed by atoms with van der Waals surface area (Å²) in [6.07, 6.45) is 0. The highest BCUT2D eigenvalue weighted by Gasteiger charge is 1.68. The predicted molar refractivity (Wildman–Crippen MR) is 39.5 cm³/mol. The molecule has 0 aliphatic carbocycles. The number of hydrogen-bond acceptors (Lipinski definition) is 0. The van der Waals surface area contributed by atoms with Gasteiger partial charge in [0.15, 0.2) is 0 Å². The largest absolute Gasteiger partial charge is 0.127 e. The Kier molecular flexibility index (Phi) is 7.21. The highest BCUT2D eigenvalue weighted by molar-refractivity contribution is 14.2. The molecule has 0 saturated heterocycles. The van der Waals surface area contributed by atoms with Crippen molar-refractivity contribution in [1.29, 1.82) is 0 Å². The van der Waals surface area contributed by atoms with Gasteiger partial charge in [-0.05, 0) is 0 Å². The molecule has 0 rings (SSSR count). The van der Waals surface area contributed by atoms with Crippen LogP contribution < -0.4 is 0 Å². The van der Waals surface area contributed by atoms with Crippen LogP contribution in [0.5, 0.6) is 0 Å². The van der Waals surface area contributed by atoms with E-state index in [1.165, 1.54) is 0 Å². The SMILES string of the molecule is I[Si][Si]I. The van der Waals surface area contributed by atoms with Gasteiger partial charge in [-0.25, -0.2) is 0 Å². The molecule has 0 spiro atoms. The van der Waals surface area contributed by atoms with Gasteiger partial charge in [-0.2, -0.15) is 0 Å². The van der Waals surface area contributed by atoms with E-state index in [9.17, 15) is 0 Å². The van der Waals surface area contributed by atoms with Gasteiger partial charge in [-0.1, -0.05) is 0 Å².